The number of aromatic nitrogens is 4. The molecule has 0 radical (unpaired) electrons. The van der Waals surface area contributed by atoms with Gasteiger partial charge in [-0.15, -0.1) is 0 Å². The van der Waals surface area contributed by atoms with Crippen molar-refractivity contribution in [2.45, 2.75) is 77.2 Å². The first-order chi connectivity index (χ1) is 19.9. The third-order valence-electron chi connectivity index (χ3n) is 7.69. The average Bonchev–Trinajstić information content (AvgIpc) is 3.48. The summed E-state index contributed by atoms with van der Waals surface area (Å²) >= 11 is 0. The number of ether oxygens (including phenoxy) is 1. The Bertz CT molecular complexity index is 1280. The van der Waals surface area contributed by atoms with E-state index in [4.69, 9.17) is 9.72 Å². The van der Waals surface area contributed by atoms with E-state index in [0.717, 1.165) is 37.1 Å². The number of amides is 3. The van der Waals surface area contributed by atoms with E-state index >= 15 is 0 Å². The molecule has 2 unspecified atom stereocenters. The summed E-state index contributed by atoms with van der Waals surface area (Å²) in [6, 6.07) is 9.50. The number of piperazine rings is 1. The van der Waals surface area contributed by atoms with E-state index in [9.17, 15) is 9.59 Å². The lowest BCUT2D eigenvalue weighted by atomic mass is 9.96. The molecule has 1 saturated heterocycles. The molecule has 1 saturated carbocycles. The van der Waals surface area contributed by atoms with Crippen LogP contribution >= 0.6 is 0 Å². The van der Waals surface area contributed by atoms with Crippen LogP contribution in [-0.4, -0.2) is 74.3 Å². The van der Waals surface area contributed by atoms with Crippen molar-refractivity contribution in [2.75, 3.05) is 24.5 Å². The van der Waals surface area contributed by atoms with Crippen molar-refractivity contribution in [1.82, 2.24) is 35.1 Å². The second-order valence-electron chi connectivity index (χ2n) is 11.0. The molecule has 2 aliphatic rings. The number of nitrogens with one attached hydrogen (secondary N) is 2. The van der Waals surface area contributed by atoms with E-state index in [0.29, 0.717) is 37.8 Å². The van der Waals surface area contributed by atoms with E-state index in [1.165, 1.54) is 6.42 Å². The van der Waals surface area contributed by atoms with Crippen LogP contribution in [-0.2, 0) is 11.3 Å². The van der Waals surface area contributed by atoms with Crippen LogP contribution in [0.1, 0.15) is 56.8 Å². The highest BCUT2D eigenvalue weighted by molar-refractivity contribution is 5.78. The molecular formula is C30H40N8O3. The zero-order chi connectivity index (χ0) is 28.6. The van der Waals surface area contributed by atoms with Gasteiger partial charge in [-0.1, -0.05) is 37.0 Å². The topological polar surface area (TPSA) is 118 Å². The standard InChI is InChI=1S/C30H40N8O3/c1-22-8-10-26(11-9-22)41-23(2)33-29(39)18-25-19-37(30(40)34-24-6-4-3-5-7-24)16-17-38(25)28-12-13-32-27(35-28)20-36-15-14-31-21-36/h8-15,21,23-25H,3-7,16-20H2,1-2H3,(H,33,39)(H,34,40). The molecule has 2 atom stereocenters. The number of urea groups is 1. The summed E-state index contributed by atoms with van der Waals surface area (Å²) in [7, 11) is 0. The Morgan fingerprint density at radius 2 is 1.88 bits per heavy atom. The van der Waals surface area contributed by atoms with Crippen molar-refractivity contribution in [3.63, 3.8) is 0 Å². The Balaban J connectivity index is 1.27. The molecule has 1 aromatic carbocycles. The summed E-state index contributed by atoms with van der Waals surface area (Å²) in [5.41, 5.74) is 1.14. The molecule has 2 fully saturated rings. The summed E-state index contributed by atoms with van der Waals surface area (Å²) < 4.78 is 7.81. The summed E-state index contributed by atoms with van der Waals surface area (Å²) in [6.45, 7) is 5.85. The van der Waals surface area contributed by atoms with E-state index < -0.39 is 6.23 Å². The highest BCUT2D eigenvalue weighted by Gasteiger charge is 2.33. The fourth-order valence-electron chi connectivity index (χ4n) is 5.55. The maximum Gasteiger partial charge on any atom is 0.317 e. The van der Waals surface area contributed by atoms with E-state index in [1.807, 2.05) is 59.8 Å². The number of aryl methyl sites for hydroxylation is 1. The van der Waals surface area contributed by atoms with Gasteiger partial charge < -0.3 is 29.7 Å². The van der Waals surface area contributed by atoms with Crippen LogP contribution in [0.3, 0.4) is 0 Å². The Morgan fingerprint density at radius 3 is 2.63 bits per heavy atom. The molecule has 2 N–H and O–H groups in total. The van der Waals surface area contributed by atoms with Crippen LogP contribution in [0.2, 0.25) is 0 Å². The largest absolute Gasteiger partial charge is 0.471 e. The Labute approximate surface area is 241 Å². The minimum Gasteiger partial charge on any atom is -0.471 e. The van der Waals surface area contributed by atoms with Crippen LogP contribution in [0.25, 0.3) is 0 Å². The molecule has 3 aromatic rings. The second-order valence-corrected chi connectivity index (χ2v) is 11.0. The third kappa shape index (κ3) is 7.96. The van der Waals surface area contributed by atoms with Gasteiger partial charge in [0.2, 0.25) is 5.91 Å². The first-order valence-corrected chi connectivity index (χ1v) is 14.6. The lowest BCUT2D eigenvalue weighted by Gasteiger charge is -2.42. The first-order valence-electron chi connectivity index (χ1n) is 14.6. The van der Waals surface area contributed by atoms with Gasteiger partial charge >= 0.3 is 6.03 Å². The molecule has 3 amide bonds. The lowest BCUT2D eigenvalue weighted by molar-refractivity contribution is -0.123. The fraction of sp³-hybridized carbons (Fsp3) is 0.500. The molecule has 41 heavy (non-hydrogen) atoms. The van der Waals surface area contributed by atoms with E-state index in [1.54, 1.807) is 18.7 Å². The Kier molecular flexibility index (Phi) is 9.33. The maximum absolute atomic E-state index is 13.2. The predicted molar refractivity (Wildman–Crippen MR) is 156 cm³/mol. The van der Waals surface area contributed by atoms with Crippen molar-refractivity contribution in [3.8, 4) is 5.75 Å². The number of nitrogens with zero attached hydrogens (tertiary/aromatic N) is 6. The normalized spacial score (nSPS) is 18.5. The van der Waals surface area contributed by atoms with Gasteiger partial charge in [-0.3, -0.25) is 4.79 Å². The summed E-state index contributed by atoms with van der Waals surface area (Å²) in [4.78, 5) is 43.7. The zero-order valence-corrected chi connectivity index (χ0v) is 23.9. The number of hydrogen-bond donors (Lipinski definition) is 2. The molecule has 2 aromatic heterocycles. The molecule has 11 heteroatoms. The number of rotatable bonds is 9. The molecule has 0 bridgehead atoms. The zero-order valence-electron chi connectivity index (χ0n) is 23.9. The molecule has 11 nitrogen and oxygen atoms in total. The van der Waals surface area contributed by atoms with Gasteiger partial charge in [0.15, 0.2) is 6.23 Å². The van der Waals surface area contributed by atoms with Crippen LogP contribution in [0.4, 0.5) is 10.6 Å². The monoisotopic (exact) mass is 560 g/mol. The van der Waals surface area contributed by atoms with Crippen LogP contribution in [0.15, 0.2) is 55.2 Å². The van der Waals surface area contributed by atoms with Gasteiger partial charge in [-0.2, -0.15) is 0 Å². The number of imidazole rings is 1. The van der Waals surface area contributed by atoms with Crippen molar-refractivity contribution in [2.24, 2.45) is 0 Å². The molecule has 5 rings (SSSR count). The van der Waals surface area contributed by atoms with Crippen molar-refractivity contribution < 1.29 is 14.3 Å². The second kappa shape index (κ2) is 13.5. The van der Waals surface area contributed by atoms with Crippen molar-refractivity contribution in [1.29, 1.82) is 0 Å². The highest BCUT2D eigenvalue weighted by Crippen LogP contribution is 2.23. The van der Waals surface area contributed by atoms with Crippen LogP contribution in [0.5, 0.6) is 5.75 Å². The third-order valence-corrected chi connectivity index (χ3v) is 7.69. The average molecular weight is 561 g/mol. The number of hydrogen-bond acceptors (Lipinski definition) is 7. The quantitative estimate of drug-likeness (QED) is 0.385. The van der Waals surface area contributed by atoms with Crippen LogP contribution in [0, 0.1) is 6.92 Å². The van der Waals surface area contributed by atoms with Crippen molar-refractivity contribution in [3.05, 3.63) is 66.6 Å². The minimum atomic E-state index is -0.506. The summed E-state index contributed by atoms with van der Waals surface area (Å²) in [5.74, 6) is 1.94. The molecular weight excluding hydrogens is 520 g/mol. The number of carbonyl (C=O) groups is 2. The van der Waals surface area contributed by atoms with Gasteiger partial charge in [0.05, 0.1) is 18.9 Å². The van der Waals surface area contributed by atoms with Gasteiger partial charge in [-0.05, 0) is 44.9 Å². The smallest absolute Gasteiger partial charge is 0.317 e. The highest BCUT2D eigenvalue weighted by atomic mass is 16.5. The number of anilines is 1. The summed E-state index contributed by atoms with van der Waals surface area (Å²) in [5, 5.41) is 6.19. The van der Waals surface area contributed by atoms with Gasteiger partial charge in [0, 0.05) is 50.7 Å². The molecule has 1 aliphatic carbocycles. The van der Waals surface area contributed by atoms with Gasteiger partial charge in [0.1, 0.15) is 17.4 Å². The number of carbonyl (C=O) groups excluding carboxylic acids is 2. The van der Waals surface area contributed by atoms with Gasteiger partial charge in [-0.25, -0.2) is 19.7 Å². The predicted octanol–water partition coefficient (Wildman–Crippen LogP) is 3.49. The molecule has 3 heterocycles. The molecule has 218 valence electrons. The molecule has 0 spiro atoms. The van der Waals surface area contributed by atoms with E-state index in [2.05, 4.69) is 25.5 Å². The van der Waals surface area contributed by atoms with Crippen LogP contribution < -0.4 is 20.3 Å². The summed E-state index contributed by atoms with van der Waals surface area (Å²) in [6.07, 6.45) is 12.3. The minimum absolute atomic E-state index is 0.0542. The van der Waals surface area contributed by atoms with Gasteiger partial charge in [0.25, 0.3) is 0 Å². The SMILES string of the molecule is Cc1ccc(OC(C)NC(=O)CC2CN(C(=O)NC3CCCCC3)CCN2c2ccnc(Cn3ccnc3)n2)cc1. The number of benzene rings is 1. The van der Waals surface area contributed by atoms with E-state index in [-0.39, 0.29) is 30.4 Å². The van der Waals surface area contributed by atoms with Crippen molar-refractivity contribution >= 4 is 17.8 Å². The fourth-order valence-corrected chi connectivity index (χ4v) is 5.55. The Morgan fingerprint density at radius 1 is 1.07 bits per heavy atom. The lowest BCUT2D eigenvalue weighted by Crippen LogP contribution is -2.59. The molecule has 1 aliphatic heterocycles. The Hall–Kier alpha value is -4.15. The first kappa shape index (κ1) is 28.4. The maximum atomic E-state index is 13.2.